The zero-order valence-corrected chi connectivity index (χ0v) is 17.4. The third-order valence-electron chi connectivity index (χ3n) is 5.05. The Labute approximate surface area is 182 Å². The van der Waals surface area contributed by atoms with Crippen molar-refractivity contribution in [3.05, 3.63) is 65.6 Å². The van der Waals surface area contributed by atoms with E-state index >= 15 is 0 Å². The highest BCUT2D eigenvalue weighted by atomic mass is 19.1. The molecular formula is C23H19FN4O4. The molecule has 162 valence electrons. The van der Waals surface area contributed by atoms with Crippen LogP contribution in [-0.4, -0.2) is 34.1 Å². The van der Waals surface area contributed by atoms with Crippen LogP contribution in [0.5, 0.6) is 17.4 Å². The molecule has 1 aliphatic rings. The van der Waals surface area contributed by atoms with E-state index in [1.807, 2.05) is 13.8 Å². The molecule has 0 spiro atoms. The summed E-state index contributed by atoms with van der Waals surface area (Å²) in [5.41, 5.74) is 3.30. The number of halogens is 1. The number of nitrogens with zero attached hydrogens (tertiary/aromatic N) is 3. The van der Waals surface area contributed by atoms with Crippen molar-refractivity contribution in [3.8, 4) is 23.1 Å². The number of nitrogens with one attached hydrogen (secondary N) is 1. The number of fused-ring (bicyclic) bond motifs is 2. The van der Waals surface area contributed by atoms with Crippen molar-refractivity contribution in [1.29, 1.82) is 0 Å². The lowest BCUT2D eigenvalue weighted by Crippen LogP contribution is -2.20. The van der Waals surface area contributed by atoms with E-state index in [0.717, 1.165) is 16.6 Å². The molecule has 32 heavy (non-hydrogen) atoms. The Kier molecular flexibility index (Phi) is 4.85. The first-order valence-electron chi connectivity index (χ1n) is 9.93. The second-order valence-electron chi connectivity index (χ2n) is 7.36. The normalized spacial score (nSPS) is 12.2. The molecular weight excluding hydrogens is 415 g/mol. The minimum atomic E-state index is -0.367. The fourth-order valence-corrected chi connectivity index (χ4v) is 3.65. The molecule has 0 saturated heterocycles. The Balaban J connectivity index is 1.36. The predicted octanol–water partition coefficient (Wildman–Crippen LogP) is 3.92. The Morgan fingerprint density at radius 3 is 2.84 bits per heavy atom. The number of hydrogen-bond acceptors (Lipinski definition) is 6. The van der Waals surface area contributed by atoms with E-state index in [2.05, 4.69) is 15.4 Å². The summed E-state index contributed by atoms with van der Waals surface area (Å²) in [7, 11) is 0. The van der Waals surface area contributed by atoms with Gasteiger partial charge >= 0.3 is 0 Å². The molecule has 4 aromatic rings. The average molecular weight is 434 g/mol. The van der Waals surface area contributed by atoms with E-state index in [0.29, 0.717) is 28.5 Å². The maximum atomic E-state index is 13.7. The summed E-state index contributed by atoms with van der Waals surface area (Å²) in [4.78, 5) is 16.9. The van der Waals surface area contributed by atoms with Crippen LogP contribution in [0, 0.1) is 19.7 Å². The first-order valence-corrected chi connectivity index (χ1v) is 9.93. The Morgan fingerprint density at radius 1 is 1.16 bits per heavy atom. The van der Waals surface area contributed by atoms with Gasteiger partial charge in [-0.25, -0.2) is 9.07 Å². The van der Waals surface area contributed by atoms with Gasteiger partial charge in [0.15, 0.2) is 23.8 Å². The molecule has 0 saturated carbocycles. The predicted molar refractivity (Wildman–Crippen MR) is 115 cm³/mol. The van der Waals surface area contributed by atoms with Gasteiger partial charge in [-0.05, 0) is 49.7 Å². The van der Waals surface area contributed by atoms with Crippen LogP contribution in [0.4, 0.5) is 10.1 Å². The molecule has 2 aromatic carbocycles. The summed E-state index contributed by atoms with van der Waals surface area (Å²) < 4.78 is 31.5. The third kappa shape index (κ3) is 3.68. The second-order valence-corrected chi connectivity index (χ2v) is 7.36. The van der Waals surface area contributed by atoms with Gasteiger partial charge in [-0.3, -0.25) is 4.79 Å². The first-order chi connectivity index (χ1) is 15.5. The van der Waals surface area contributed by atoms with Crippen LogP contribution in [-0.2, 0) is 4.79 Å². The number of anilines is 1. The lowest BCUT2D eigenvalue weighted by Gasteiger charge is -2.09. The Morgan fingerprint density at radius 2 is 2.00 bits per heavy atom. The fraction of sp³-hybridized carbons (Fsp3) is 0.174. The molecule has 3 heterocycles. The molecule has 0 radical (unpaired) electrons. The smallest absolute Gasteiger partial charge is 0.262 e. The van der Waals surface area contributed by atoms with Crippen molar-refractivity contribution in [3.63, 3.8) is 0 Å². The molecule has 0 fully saturated rings. The topological polar surface area (TPSA) is 87.5 Å². The Bertz CT molecular complexity index is 1350. The van der Waals surface area contributed by atoms with E-state index in [4.69, 9.17) is 14.2 Å². The molecule has 2 aromatic heterocycles. The van der Waals surface area contributed by atoms with Gasteiger partial charge < -0.3 is 19.5 Å². The fourth-order valence-electron chi connectivity index (χ4n) is 3.65. The van der Waals surface area contributed by atoms with Crippen LogP contribution < -0.4 is 19.5 Å². The van der Waals surface area contributed by atoms with Crippen molar-refractivity contribution in [2.75, 3.05) is 18.7 Å². The van der Waals surface area contributed by atoms with Gasteiger partial charge in [0.05, 0.1) is 11.4 Å². The SMILES string of the molecule is Cc1cc(OCC(=O)Nc2ccc3c(c2)OCO3)nc2c1c(C)nn2-c1cccc(F)c1. The van der Waals surface area contributed by atoms with Gasteiger partial charge in [0, 0.05) is 23.2 Å². The van der Waals surface area contributed by atoms with Gasteiger partial charge in [-0.1, -0.05) is 6.07 Å². The number of benzene rings is 2. The van der Waals surface area contributed by atoms with E-state index < -0.39 is 0 Å². The quantitative estimate of drug-likeness (QED) is 0.512. The number of amides is 1. The number of ether oxygens (including phenoxy) is 3. The second kappa shape index (κ2) is 7.84. The zero-order chi connectivity index (χ0) is 22.2. The monoisotopic (exact) mass is 434 g/mol. The van der Waals surface area contributed by atoms with E-state index in [1.165, 1.54) is 12.1 Å². The number of carbonyl (C=O) groups excluding carboxylic acids is 1. The van der Waals surface area contributed by atoms with Crippen molar-refractivity contribution in [2.45, 2.75) is 13.8 Å². The summed E-state index contributed by atoms with van der Waals surface area (Å²) in [6.07, 6.45) is 0. The summed E-state index contributed by atoms with van der Waals surface area (Å²) in [5, 5.41) is 8.12. The highest BCUT2D eigenvalue weighted by molar-refractivity contribution is 5.92. The number of carbonyl (C=O) groups is 1. The number of aromatic nitrogens is 3. The molecule has 0 atom stereocenters. The minimum Gasteiger partial charge on any atom is -0.467 e. The maximum Gasteiger partial charge on any atom is 0.262 e. The number of rotatable bonds is 5. The lowest BCUT2D eigenvalue weighted by molar-refractivity contribution is -0.118. The van der Waals surface area contributed by atoms with Crippen LogP contribution in [0.3, 0.4) is 0 Å². The van der Waals surface area contributed by atoms with Gasteiger partial charge in [-0.2, -0.15) is 10.1 Å². The molecule has 1 amide bonds. The van der Waals surface area contributed by atoms with Crippen molar-refractivity contribution >= 4 is 22.6 Å². The lowest BCUT2D eigenvalue weighted by atomic mass is 10.2. The van der Waals surface area contributed by atoms with Gasteiger partial charge in [0.1, 0.15) is 5.82 Å². The first kappa shape index (κ1) is 19.8. The molecule has 5 rings (SSSR count). The van der Waals surface area contributed by atoms with Crippen LogP contribution in [0.2, 0.25) is 0 Å². The average Bonchev–Trinajstić information content (AvgIpc) is 3.36. The van der Waals surface area contributed by atoms with Crippen molar-refractivity contribution in [2.24, 2.45) is 0 Å². The highest BCUT2D eigenvalue weighted by Gasteiger charge is 2.17. The summed E-state index contributed by atoms with van der Waals surface area (Å²) in [6.45, 7) is 3.70. The summed E-state index contributed by atoms with van der Waals surface area (Å²) in [6, 6.07) is 13.0. The van der Waals surface area contributed by atoms with Gasteiger partial charge in [0.2, 0.25) is 12.7 Å². The maximum absolute atomic E-state index is 13.7. The molecule has 1 N–H and O–H groups in total. The molecule has 0 aliphatic carbocycles. The standard InChI is InChI=1S/C23H19FN4O4/c1-13-8-21(30-11-20(29)25-16-6-7-18-19(10-16)32-12-31-18)26-23-22(13)14(2)27-28(23)17-5-3-4-15(24)9-17/h3-10H,11-12H2,1-2H3,(H,25,29). The third-order valence-corrected chi connectivity index (χ3v) is 5.05. The van der Waals surface area contributed by atoms with Gasteiger partial charge in [0.25, 0.3) is 5.91 Å². The number of hydrogen-bond donors (Lipinski definition) is 1. The molecule has 1 aliphatic heterocycles. The number of pyridine rings is 1. The van der Waals surface area contributed by atoms with Crippen LogP contribution >= 0.6 is 0 Å². The van der Waals surface area contributed by atoms with E-state index in [9.17, 15) is 9.18 Å². The summed E-state index contributed by atoms with van der Waals surface area (Å²) >= 11 is 0. The largest absolute Gasteiger partial charge is 0.467 e. The minimum absolute atomic E-state index is 0.162. The van der Waals surface area contributed by atoms with Gasteiger partial charge in [-0.15, -0.1) is 0 Å². The highest BCUT2D eigenvalue weighted by Crippen LogP contribution is 2.34. The summed E-state index contributed by atoms with van der Waals surface area (Å²) in [5.74, 6) is 0.768. The van der Waals surface area contributed by atoms with E-state index in [-0.39, 0.29) is 31.0 Å². The van der Waals surface area contributed by atoms with Crippen molar-refractivity contribution < 1.29 is 23.4 Å². The van der Waals surface area contributed by atoms with Crippen LogP contribution in [0.1, 0.15) is 11.3 Å². The Hall–Kier alpha value is -4.14. The zero-order valence-electron chi connectivity index (χ0n) is 17.4. The molecule has 0 unspecified atom stereocenters. The molecule has 0 bridgehead atoms. The number of aryl methyl sites for hydroxylation is 2. The van der Waals surface area contributed by atoms with Crippen LogP contribution in [0.15, 0.2) is 48.5 Å². The molecule has 8 nitrogen and oxygen atoms in total. The molecule has 9 heteroatoms. The van der Waals surface area contributed by atoms with Crippen molar-refractivity contribution in [1.82, 2.24) is 14.8 Å². The van der Waals surface area contributed by atoms with E-state index in [1.54, 1.807) is 41.1 Å². The van der Waals surface area contributed by atoms with Crippen LogP contribution in [0.25, 0.3) is 16.7 Å².